The molecule has 2 N–H and O–H groups in total. The minimum atomic E-state index is -0.224. The molecule has 2 aliphatic rings. The molecule has 2 aliphatic carbocycles. The molecule has 0 aromatic heterocycles. The van der Waals surface area contributed by atoms with Gasteiger partial charge in [-0.3, -0.25) is 4.79 Å². The number of hydrogen-bond acceptors (Lipinski definition) is 2. The lowest BCUT2D eigenvalue weighted by Gasteiger charge is -2.28. The third kappa shape index (κ3) is 3.61. The van der Waals surface area contributed by atoms with Crippen LogP contribution < -0.4 is 5.73 Å². The maximum absolute atomic E-state index is 13.9. The first kappa shape index (κ1) is 17.2. The van der Waals surface area contributed by atoms with E-state index in [-0.39, 0.29) is 30.0 Å². The fourth-order valence-corrected chi connectivity index (χ4v) is 3.44. The van der Waals surface area contributed by atoms with E-state index in [1.165, 1.54) is 6.07 Å². The van der Waals surface area contributed by atoms with Crippen molar-refractivity contribution in [3.05, 3.63) is 35.6 Å². The fraction of sp³-hybridized carbons (Fsp3) is 0.588. The number of carbonyl (C=O) groups is 1. The van der Waals surface area contributed by atoms with Crippen LogP contribution in [0.3, 0.4) is 0 Å². The van der Waals surface area contributed by atoms with Gasteiger partial charge in [0.25, 0.3) is 0 Å². The standard InChI is InChI=1S/C17H23FN2O.ClH/c18-16-7-2-1-4-13(16)11-20(14-8-9-14)17(21)15-6-3-5-12(15)10-19;/h1-2,4,7,12,14-15H,3,5-6,8-11,19H2;1H/t12-,15-;/m1./s1. The largest absolute Gasteiger partial charge is 0.335 e. The van der Waals surface area contributed by atoms with Crippen LogP contribution >= 0.6 is 12.4 Å². The Morgan fingerprint density at radius 2 is 1.95 bits per heavy atom. The zero-order valence-corrected chi connectivity index (χ0v) is 13.5. The van der Waals surface area contributed by atoms with Gasteiger partial charge in [-0.1, -0.05) is 24.6 Å². The van der Waals surface area contributed by atoms with Gasteiger partial charge in [0.1, 0.15) is 5.82 Å². The van der Waals surface area contributed by atoms with Crippen LogP contribution in [0.2, 0.25) is 0 Å². The van der Waals surface area contributed by atoms with E-state index in [0.717, 1.165) is 32.1 Å². The molecule has 1 aromatic carbocycles. The third-order valence-corrected chi connectivity index (χ3v) is 4.85. The van der Waals surface area contributed by atoms with Crippen LogP contribution in [0.4, 0.5) is 4.39 Å². The Balaban J connectivity index is 0.00000176. The summed E-state index contributed by atoms with van der Waals surface area (Å²) in [7, 11) is 0. The summed E-state index contributed by atoms with van der Waals surface area (Å²) in [5.74, 6) is 0.313. The maximum atomic E-state index is 13.9. The van der Waals surface area contributed by atoms with Crippen molar-refractivity contribution in [3.8, 4) is 0 Å². The molecule has 0 aliphatic heterocycles. The van der Waals surface area contributed by atoms with E-state index in [2.05, 4.69) is 0 Å². The number of carbonyl (C=O) groups excluding carboxylic acids is 1. The highest BCUT2D eigenvalue weighted by Crippen LogP contribution is 2.36. The van der Waals surface area contributed by atoms with Gasteiger partial charge in [-0.2, -0.15) is 0 Å². The molecule has 3 rings (SSSR count). The van der Waals surface area contributed by atoms with Crippen molar-refractivity contribution in [2.75, 3.05) is 6.54 Å². The summed E-state index contributed by atoms with van der Waals surface area (Å²) < 4.78 is 13.9. The van der Waals surface area contributed by atoms with Gasteiger partial charge >= 0.3 is 0 Å². The van der Waals surface area contributed by atoms with E-state index in [1.807, 2.05) is 11.0 Å². The van der Waals surface area contributed by atoms with Crippen LogP contribution in [0.25, 0.3) is 0 Å². The normalized spacial score (nSPS) is 23.9. The molecule has 2 saturated carbocycles. The van der Waals surface area contributed by atoms with Gasteiger partial charge in [0.05, 0.1) is 0 Å². The average molecular weight is 327 g/mol. The Kier molecular flexibility index (Phi) is 5.81. The number of halogens is 2. The van der Waals surface area contributed by atoms with E-state index in [9.17, 15) is 9.18 Å². The van der Waals surface area contributed by atoms with Crippen LogP contribution in [0.5, 0.6) is 0 Å². The number of nitrogens with two attached hydrogens (primary N) is 1. The lowest BCUT2D eigenvalue weighted by atomic mass is 9.94. The first-order valence-corrected chi connectivity index (χ1v) is 7.94. The van der Waals surface area contributed by atoms with Crippen molar-refractivity contribution in [2.45, 2.75) is 44.7 Å². The molecule has 0 unspecified atom stereocenters. The van der Waals surface area contributed by atoms with Gasteiger partial charge in [-0.15, -0.1) is 12.4 Å². The molecule has 3 nitrogen and oxygen atoms in total. The number of nitrogens with zero attached hydrogens (tertiary/aromatic N) is 1. The summed E-state index contributed by atoms with van der Waals surface area (Å²) in [5, 5.41) is 0. The van der Waals surface area contributed by atoms with Gasteiger partial charge in [-0.25, -0.2) is 4.39 Å². The Hall–Kier alpha value is -1.13. The van der Waals surface area contributed by atoms with Crippen LogP contribution in [0.1, 0.15) is 37.7 Å². The Morgan fingerprint density at radius 3 is 2.59 bits per heavy atom. The lowest BCUT2D eigenvalue weighted by molar-refractivity contribution is -0.137. The van der Waals surface area contributed by atoms with E-state index >= 15 is 0 Å². The summed E-state index contributed by atoms with van der Waals surface area (Å²) >= 11 is 0. The summed E-state index contributed by atoms with van der Waals surface area (Å²) in [6.45, 7) is 0.971. The van der Waals surface area contributed by atoms with E-state index in [1.54, 1.807) is 12.1 Å². The van der Waals surface area contributed by atoms with Gasteiger partial charge in [-0.05, 0) is 44.2 Å². The van der Waals surface area contributed by atoms with Gasteiger partial charge < -0.3 is 10.6 Å². The van der Waals surface area contributed by atoms with E-state index in [0.29, 0.717) is 30.6 Å². The molecule has 0 bridgehead atoms. The number of rotatable bonds is 5. The molecule has 122 valence electrons. The minimum Gasteiger partial charge on any atom is -0.335 e. The molecule has 5 heteroatoms. The average Bonchev–Trinajstić information content (AvgIpc) is 3.22. The molecule has 0 saturated heterocycles. The molecule has 22 heavy (non-hydrogen) atoms. The van der Waals surface area contributed by atoms with E-state index < -0.39 is 0 Å². The van der Waals surface area contributed by atoms with Crippen LogP contribution in [-0.2, 0) is 11.3 Å². The predicted octanol–water partition coefficient (Wildman–Crippen LogP) is 3.11. The molecular formula is C17H24ClFN2O. The first-order chi connectivity index (χ1) is 10.2. The Labute approximate surface area is 137 Å². The predicted molar refractivity (Wildman–Crippen MR) is 87.1 cm³/mol. The van der Waals surface area contributed by atoms with Gasteiger partial charge in [0.15, 0.2) is 0 Å². The Morgan fingerprint density at radius 1 is 1.23 bits per heavy atom. The van der Waals surface area contributed by atoms with Crippen molar-refractivity contribution in [3.63, 3.8) is 0 Å². The smallest absolute Gasteiger partial charge is 0.226 e. The summed E-state index contributed by atoms with van der Waals surface area (Å²) in [6.07, 6.45) is 5.14. The van der Waals surface area contributed by atoms with Crippen LogP contribution in [0, 0.1) is 17.7 Å². The second-order valence-corrected chi connectivity index (χ2v) is 6.32. The first-order valence-electron chi connectivity index (χ1n) is 7.94. The summed E-state index contributed by atoms with van der Waals surface area (Å²) in [6, 6.07) is 7.04. The second-order valence-electron chi connectivity index (χ2n) is 6.32. The number of hydrogen-bond donors (Lipinski definition) is 1. The lowest BCUT2D eigenvalue weighted by Crippen LogP contribution is -2.40. The molecule has 1 amide bonds. The molecule has 1 aromatic rings. The number of benzene rings is 1. The molecule has 0 spiro atoms. The molecule has 2 atom stereocenters. The zero-order valence-electron chi connectivity index (χ0n) is 12.7. The van der Waals surface area contributed by atoms with E-state index in [4.69, 9.17) is 5.73 Å². The van der Waals surface area contributed by atoms with Crippen molar-refractivity contribution in [2.24, 2.45) is 17.6 Å². The molecular weight excluding hydrogens is 303 g/mol. The number of amides is 1. The zero-order chi connectivity index (χ0) is 14.8. The van der Waals surface area contributed by atoms with Crippen molar-refractivity contribution < 1.29 is 9.18 Å². The second kappa shape index (κ2) is 7.42. The topological polar surface area (TPSA) is 46.3 Å². The van der Waals surface area contributed by atoms with Crippen molar-refractivity contribution in [1.82, 2.24) is 4.90 Å². The van der Waals surface area contributed by atoms with Crippen LogP contribution in [-0.4, -0.2) is 23.4 Å². The summed E-state index contributed by atoms with van der Waals surface area (Å²) in [5.41, 5.74) is 6.41. The molecule has 0 radical (unpaired) electrons. The van der Waals surface area contributed by atoms with Crippen molar-refractivity contribution in [1.29, 1.82) is 0 Å². The quantitative estimate of drug-likeness (QED) is 0.903. The third-order valence-electron chi connectivity index (χ3n) is 4.85. The van der Waals surface area contributed by atoms with Gasteiger partial charge in [0, 0.05) is 24.1 Å². The van der Waals surface area contributed by atoms with Crippen molar-refractivity contribution >= 4 is 18.3 Å². The molecule has 0 heterocycles. The van der Waals surface area contributed by atoms with Crippen LogP contribution in [0.15, 0.2) is 24.3 Å². The Bertz CT molecular complexity index is 521. The molecule has 2 fully saturated rings. The monoisotopic (exact) mass is 326 g/mol. The maximum Gasteiger partial charge on any atom is 0.226 e. The summed E-state index contributed by atoms with van der Waals surface area (Å²) in [4.78, 5) is 14.8. The minimum absolute atomic E-state index is 0. The highest BCUT2D eigenvalue weighted by Gasteiger charge is 2.40. The highest BCUT2D eigenvalue weighted by atomic mass is 35.5. The fourth-order valence-electron chi connectivity index (χ4n) is 3.44. The van der Waals surface area contributed by atoms with Gasteiger partial charge in [0.2, 0.25) is 5.91 Å². The highest BCUT2D eigenvalue weighted by molar-refractivity contribution is 5.85. The SMILES string of the molecule is Cl.NC[C@H]1CCC[C@H]1C(=O)N(Cc1ccccc1F)C1CC1.